The number of aryl methyl sites for hydroxylation is 1. The van der Waals surface area contributed by atoms with Crippen LogP contribution in [0.4, 0.5) is 11.6 Å². The predicted octanol–water partition coefficient (Wildman–Crippen LogP) is 3.90. The average Bonchev–Trinajstić information content (AvgIpc) is 3.10. The van der Waals surface area contributed by atoms with Crippen LogP contribution >= 0.6 is 11.3 Å². The maximum atomic E-state index is 10.5. The number of aliphatic hydroxyl groups is 1. The Morgan fingerprint density at radius 2 is 2.12 bits per heavy atom. The molecule has 2 N–H and O–H groups in total. The van der Waals surface area contributed by atoms with Gasteiger partial charge in [-0.1, -0.05) is 6.07 Å². The van der Waals surface area contributed by atoms with E-state index in [1.54, 1.807) is 12.3 Å². The van der Waals surface area contributed by atoms with E-state index in [2.05, 4.69) is 26.3 Å². The molecule has 26 heavy (non-hydrogen) atoms. The molecule has 1 aliphatic carbocycles. The zero-order valence-corrected chi connectivity index (χ0v) is 15.0. The van der Waals surface area contributed by atoms with Gasteiger partial charge in [0.25, 0.3) is 0 Å². The van der Waals surface area contributed by atoms with Crippen LogP contribution in [-0.4, -0.2) is 20.1 Å². The van der Waals surface area contributed by atoms with Crippen LogP contribution in [0.1, 0.15) is 35.5 Å². The molecule has 4 rings (SSSR count). The highest BCUT2D eigenvalue weighted by Gasteiger charge is 2.39. The van der Waals surface area contributed by atoms with Gasteiger partial charge in [0.15, 0.2) is 0 Å². The Kier molecular flexibility index (Phi) is 4.15. The summed E-state index contributed by atoms with van der Waals surface area (Å²) in [7, 11) is 0. The van der Waals surface area contributed by atoms with Crippen molar-refractivity contribution in [3.05, 3.63) is 52.9 Å². The van der Waals surface area contributed by atoms with Crippen molar-refractivity contribution in [2.24, 2.45) is 0 Å². The number of nitrogens with zero attached hydrogens (tertiary/aromatic N) is 4. The van der Waals surface area contributed by atoms with E-state index in [9.17, 15) is 5.11 Å². The maximum absolute atomic E-state index is 10.5. The van der Waals surface area contributed by atoms with Crippen molar-refractivity contribution in [1.82, 2.24) is 15.0 Å². The van der Waals surface area contributed by atoms with E-state index in [0.717, 1.165) is 46.0 Å². The fourth-order valence-electron chi connectivity index (χ4n) is 2.96. The molecule has 1 saturated carbocycles. The summed E-state index contributed by atoms with van der Waals surface area (Å²) in [5.41, 5.74) is 2.53. The van der Waals surface area contributed by atoms with Crippen LogP contribution in [0.25, 0.3) is 10.4 Å². The Hall–Kier alpha value is -2.82. The van der Waals surface area contributed by atoms with Gasteiger partial charge in [0.05, 0.1) is 4.88 Å². The van der Waals surface area contributed by atoms with E-state index in [0.29, 0.717) is 11.6 Å². The first-order valence-corrected chi connectivity index (χ1v) is 9.18. The Balaban J connectivity index is 1.63. The first kappa shape index (κ1) is 16.6. The van der Waals surface area contributed by atoms with Gasteiger partial charge in [-0.3, -0.25) is 0 Å². The van der Waals surface area contributed by atoms with Crippen LogP contribution < -0.4 is 5.32 Å². The monoisotopic (exact) mass is 363 g/mol. The average molecular weight is 363 g/mol. The number of thiazole rings is 1. The number of rotatable bonds is 4. The highest BCUT2D eigenvalue weighted by Crippen LogP contribution is 2.44. The summed E-state index contributed by atoms with van der Waals surface area (Å²) in [6.45, 7) is 2.02. The van der Waals surface area contributed by atoms with Crippen LogP contribution in [0.15, 0.2) is 36.7 Å². The Morgan fingerprint density at radius 1 is 1.27 bits per heavy atom. The molecule has 0 radical (unpaired) electrons. The summed E-state index contributed by atoms with van der Waals surface area (Å²) < 4.78 is 0. The Bertz CT molecular complexity index is 1000. The van der Waals surface area contributed by atoms with E-state index >= 15 is 0 Å². The molecular weight excluding hydrogens is 346 g/mol. The van der Waals surface area contributed by atoms with Crippen LogP contribution in [0.2, 0.25) is 0 Å². The van der Waals surface area contributed by atoms with E-state index < -0.39 is 5.60 Å². The molecule has 2 aromatic heterocycles. The number of benzene rings is 1. The molecule has 0 aliphatic heterocycles. The molecule has 0 unspecified atom stereocenters. The lowest BCUT2D eigenvalue weighted by Crippen LogP contribution is -2.33. The van der Waals surface area contributed by atoms with Crippen molar-refractivity contribution in [3.63, 3.8) is 0 Å². The summed E-state index contributed by atoms with van der Waals surface area (Å²) in [6, 6.07) is 9.65. The third-order valence-electron chi connectivity index (χ3n) is 4.47. The maximum Gasteiger partial charge on any atom is 0.228 e. The van der Waals surface area contributed by atoms with Gasteiger partial charge in [-0.2, -0.15) is 5.26 Å². The van der Waals surface area contributed by atoms with Crippen LogP contribution in [-0.2, 0) is 5.60 Å². The van der Waals surface area contributed by atoms with E-state index in [-0.39, 0.29) is 0 Å². The first-order chi connectivity index (χ1) is 12.6. The predicted molar refractivity (Wildman–Crippen MR) is 100 cm³/mol. The van der Waals surface area contributed by atoms with Gasteiger partial charge in [-0.25, -0.2) is 15.0 Å². The third-order valence-corrected chi connectivity index (χ3v) is 5.71. The van der Waals surface area contributed by atoms with Crippen molar-refractivity contribution in [2.75, 3.05) is 5.32 Å². The topological polar surface area (TPSA) is 94.7 Å². The summed E-state index contributed by atoms with van der Waals surface area (Å²) >= 11 is 1.54. The molecule has 0 bridgehead atoms. The van der Waals surface area contributed by atoms with Gasteiger partial charge < -0.3 is 10.4 Å². The molecule has 1 fully saturated rings. The number of anilines is 2. The molecule has 2 heterocycles. The summed E-state index contributed by atoms with van der Waals surface area (Å²) in [4.78, 5) is 13.8. The SMILES string of the molecule is Cc1cc(Nc2nccc(C#N)n2)cc(-c2cnc(C3(O)CCC3)s2)c1. The molecule has 3 aromatic rings. The van der Waals surface area contributed by atoms with Gasteiger partial charge >= 0.3 is 0 Å². The van der Waals surface area contributed by atoms with Gasteiger partial charge in [0.1, 0.15) is 22.4 Å². The highest BCUT2D eigenvalue weighted by molar-refractivity contribution is 7.15. The summed E-state index contributed by atoms with van der Waals surface area (Å²) in [5, 5.41) is 23.4. The lowest BCUT2D eigenvalue weighted by Gasteiger charge is -2.34. The van der Waals surface area contributed by atoms with E-state index in [1.807, 2.05) is 31.3 Å². The molecule has 7 heteroatoms. The fourth-order valence-corrected chi connectivity index (χ4v) is 4.00. The van der Waals surface area contributed by atoms with Gasteiger partial charge in [-0.05, 0) is 55.5 Å². The molecular formula is C19H17N5OS. The number of nitriles is 1. The molecule has 0 spiro atoms. The normalized spacial score (nSPS) is 15.1. The van der Waals surface area contributed by atoms with Crippen LogP contribution in [0.3, 0.4) is 0 Å². The second kappa shape index (κ2) is 6.48. The molecule has 130 valence electrons. The second-order valence-electron chi connectivity index (χ2n) is 6.50. The van der Waals surface area contributed by atoms with Gasteiger partial charge in [0.2, 0.25) is 5.95 Å². The van der Waals surface area contributed by atoms with Crippen molar-refractivity contribution in [2.45, 2.75) is 31.8 Å². The Morgan fingerprint density at radius 3 is 2.85 bits per heavy atom. The summed E-state index contributed by atoms with van der Waals surface area (Å²) in [6.07, 6.45) is 5.99. The van der Waals surface area contributed by atoms with Gasteiger partial charge in [0, 0.05) is 18.1 Å². The second-order valence-corrected chi connectivity index (χ2v) is 7.54. The molecule has 6 nitrogen and oxygen atoms in total. The van der Waals surface area contributed by atoms with E-state index in [4.69, 9.17) is 5.26 Å². The van der Waals surface area contributed by atoms with E-state index in [1.165, 1.54) is 11.3 Å². The Labute approximate surface area is 155 Å². The molecule has 0 saturated heterocycles. The lowest BCUT2D eigenvalue weighted by molar-refractivity contribution is -0.0389. The van der Waals surface area contributed by atoms with Gasteiger partial charge in [-0.15, -0.1) is 11.3 Å². The quantitative estimate of drug-likeness (QED) is 0.730. The molecule has 1 aliphatic rings. The molecule has 0 amide bonds. The van der Waals surface area contributed by atoms with Crippen molar-refractivity contribution in [3.8, 4) is 16.5 Å². The largest absolute Gasteiger partial charge is 0.383 e. The first-order valence-electron chi connectivity index (χ1n) is 8.37. The van der Waals surface area contributed by atoms with Crippen molar-refractivity contribution in [1.29, 1.82) is 5.26 Å². The zero-order chi connectivity index (χ0) is 18.1. The fraction of sp³-hybridized carbons (Fsp3) is 0.263. The number of nitrogens with one attached hydrogen (secondary N) is 1. The zero-order valence-electron chi connectivity index (χ0n) is 14.2. The van der Waals surface area contributed by atoms with Crippen LogP contribution in [0.5, 0.6) is 0 Å². The molecule has 1 aromatic carbocycles. The van der Waals surface area contributed by atoms with Crippen LogP contribution in [0, 0.1) is 18.3 Å². The number of hydrogen-bond donors (Lipinski definition) is 2. The number of hydrogen-bond acceptors (Lipinski definition) is 7. The minimum atomic E-state index is -0.737. The minimum Gasteiger partial charge on any atom is -0.383 e. The minimum absolute atomic E-state index is 0.316. The number of aromatic nitrogens is 3. The lowest BCUT2D eigenvalue weighted by atomic mass is 9.81. The van der Waals surface area contributed by atoms with Crippen molar-refractivity contribution < 1.29 is 5.11 Å². The van der Waals surface area contributed by atoms with Crippen molar-refractivity contribution >= 4 is 23.0 Å². The standard InChI is InChI=1S/C19H17N5OS/c1-12-7-13(16-11-22-17(26-16)19(25)4-2-5-19)9-15(8-12)24-18-21-6-3-14(10-20)23-18/h3,6-9,11,25H,2,4-5H2,1H3,(H,21,23,24). The summed E-state index contributed by atoms with van der Waals surface area (Å²) in [5.74, 6) is 0.384. The molecule has 0 atom stereocenters. The highest BCUT2D eigenvalue weighted by atomic mass is 32.1. The smallest absolute Gasteiger partial charge is 0.228 e. The third kappa shape index (κ3) is 3.17.